The maximum absolute atomic E-state index is 12.1. The van der Waals surface area contributed by atoms with E-state index in [-0.39, 0.29) is 19.0 Å². The zero-order chi connectivity index (χ0) is 13.9. The molecule has 7 nitrogen and oxygen atoms in total. The Bertz CT molecular complexity index is 414. The van der Waals surface area contributed by atoms with E-state index in [0.717, 1.165) is 6.42 Å². The molecule has 19 heavy (non-hydrogen) atoms. The summed E-state index contributed by atoms with van der Waals surface area (Å²) < 4.78 is 5.17. The molecule has 1 aliphatic heterocycles. The predicted octanol–water partition coefficient (Wildman–Crippen LogP) is 0.318. The van der Waals surface area contributed by atoms with Crippen molar-refractivity contribution >= 4 is 12.0 Å². The van der Waals surface area contributed by atoms with Gasteiger partial charge in [-0.3, -0.25) is 4.79 Å². The SMILES string of the molecule is N#CC1CN(C(=O)NC2(CC(=O)O)CCC2)CCO1. The molecule has 2 aliphatic rings. The Labute approximate surface area is 111 Å². The Hall–Kier alpha value is -1.81. The minimum Gasteiger partial charge on any atom is -0.481 e. The molecule has 2 amide bonds. The van der Waals surface area contributed by atoms with Crippen molar-refractivity contribution in [3.05, 3.63) is 0 Å². The van der Waals surface area contributed by atoms with Crippen LogP contribution in [0.1, 0.15) is 25.7 Å². The van der Waals surface area contributed by atoms with E-state index < -0.39 is 17.6 Å². The van der Waals surface area contributed by atoms with Crippen LogP contribution in [0.2, 0.25) is 0 Å². The van der Waals surface area contributed by atoms with E-state index in [4.69, 9.17) is 15.1 Å². The van der Waals surface area contributed by atoms with Gasteiger partial charge in [0.1, 0.15) is 0 Å². The van der Waals surface area contributed by atoms with Gasteiger partial charge in [-0.2, -0.15) is 5.26 Å². The van der Waals surface area contributed by atoms with Crippen LogP contribution < -0.4 is 5.32 Å². The number of hydrogen-bond donors (Lipinski definition) is 2. The lowest BCUT2D eigenvalue weighted by atomic mass is 9.74. The molecule has 1 saturated carbocycles. The van der Waals surface area contributed by atoms with Crippen LogP contribution in [0.15, 0.2) is 0 Å². The summed E-state index contributed by atoms with van der Waals surface area (Å²) in [5.41, 5.74) is -0.608. The van der Waals surface area contributed by atoms with E-state index in [1.54, 1.807) is 0 Å². The number of carbonyl (C=O) groups excluding carboxylic acids is 1. The van der Waals surface area contributed by atoms with Crippen LogP contribution in [-0.2, 0) is 9.53 Å². The number of ether oxygens (including phenoxy) is 1. The van der Waals surface area contributed by atoms with Gasteiger partial charge in [-0.05, 0) is 19.3 Å². The molecule has 0 radical (unpaired) electrons. The molecule has 1 aliphatic carbocycles. The second kappa shape index (κ2) is 5.45. The summed E-state index contributed by atoms with van der Waals surface area (Å²) >= 11 is 0. The third-order valence-corrected chi connectivity index (χ3v) is 3.67. The predicted molar refractivity (Wildman–Crippen MR) is 64.3 cm³/mol. The van der Waals surface area contributed by atoms with Gasteiger partial charge in [-0.15, -0.1) is 0 Å². The van der Waals surface area contributed by atoms with Gasteiger partial charge in [0.2, 0.25) is 0 Å². The molecule has 2 N–H and O–H groups in total. The van der Waals surface area contributed by atoms with Gasteiger partial charge in [-0.25, -0.2) is 4.79 Å². The van der Waals surface area contributed by atoms with Crippen molar-refractivity contribution in [3.8, 4) is 6.07 Å². The Morgan fingerprint density at radius 2 is 2.26 bits per heavy atom. The molecule has 0 aromatic heterocycles. The largest absolute Gasteiger partial charge is 0.481 e. The van der Waals surface area contributed by atoms with E-state index in [1.807, 2.05) is 6.07 Å². The number of aliphatic carboxylic acids is 1. The van der Waals surface area contributed by atoms with E-state index >= 15 is 0 Å². The maximum Gasteiger partial charge on any atom is 0.318 e. The molecular formula is C12H17N3O4. The first-order valence-electron chi connectivity index (χ1n) is 6.35. The lowest BCUT2D eigenvalue weighted by molar-refractivity contribution is -0.139. The molecule has 2 rings (SSSR count). The summed E-state index contributed by atoms with van der Waals surface area (Å²) in [6.45, 7) is 0.982. The Morgan fingerprint density at radius 3 is 2.79 bits per heavy atom. The molecule has 1 atom stereocenters. The van der Waals surface area contributed by atoms with Crippen molar-refractivity contribution in [2.45, 2.75) is 37.3 Å². The Balaban J connectivity index is 1.92. The highest BCUT2D eigenvalue weighted by Gasteiger charge is 2.41. The summed E-state index contributed by atoms with van der Waals surface area (Å²) in [7, 11) is 0. The second-order valence-electron chi connectivity index (χ2n) is 5.07. The lowest BCUT2D eigenvalue weighted by Gasteiger charge is -2.43. The van der Waals surface area contributed by atoms with Crippen molar-refractivity contribution in [2.75, 3.05) is 19.7 Å². The zero-order valence-corrected chi connectivity index (χ0v) is 10.6. The molecule has 0 spiro atoms. The van der Waals surface area contributed by atoms with Crippen LogP contribution in [0.3, 0.4) is 0 Å². The molecule has 0 bridgehead atoms. The number of urea groups is 1. The number of nitrogens with zero attached hydrogens (tertiary/aromatic N) is 2. The summed E-state index contributed by atoms with van der Waals surface area (Å²) in [5.74, 6) is -0.906. The first kappa shape index (κ1) is 13.6. The average Bonchev–Trinajstić information content (AvgIpc) is 2.35. The molecule has 2 fully saturated rings. The van der Waals surface area contributed by atoms with Crippen LogP contribution in [-0.4, -0.2) is 53.3 Å². The highest BCUT2D eigenvalue weighted by Crippen LogP contribution is 2.35. The normalized spacial score (nSPS) is 25.0. The van der Waals surface area contributed by atoms with Crippen LogP contribution in [0.5, 0.6) is 0 Å². The van der Waals surface area contributed by atoms with Crippen molar-refractivity contribution in [3.63, 3.8) is 0 Å². The third-order valence-electron chi connectivity index (χ3n) is 3.67. The minimum atomic E-state index is -0.906. The number of nitrogens with one attached hydrogen (secondary N) is 1. The number of carboxylic acids is 1. The minimum absolute atomic E-state index is 0.0508. The Morgan fingerprint density at radius 1 is 1.53 bits per heavy atom. The van der Waals surface area contributed by atoms with Gasteiger partial charge in [0, 0.05) is 6.54 Å². The number of amides is 2. The van der Waals surface area contributed by atoms with Crippen molar-refractivity contribution in [2.24, 2.45) is 0 Å². The second-order valence-corrected chi connectivity index (χ2v) is 5.07. The topological polar surface area (TPSA) is 103 Å². The number of carbonyl (C=O) groups is 2. The summed E-state index contributed by atoms with van der Waals surface area (Å²) in [5, 5.41) is 20.5. The van der Waals surface area contributed by atoms with Gasteiger partial charge in [-0.1, -0.05) is 0 Å². The van der Waals surface area contributed by atoms with E-state index in [2.05, 4.69) is 5.32 Å². The Kier molecular flexibility index (Phi) is 3.90. The number of carboxylic acid groups (broad SMARTS) is 1. The number of morpholine rings is 1. The standard InChI is InChI=1S/C12H17N3O4/c13-7-9-8-15(4-5-19-9)11(18)14-12(2-1-3-12)6-10(16)17/h9H,1-6,8H2,(H,14,18)(H,16,17). The number of hydrogen-bond acceptors (Lipinski definition) is 4. The van der Waals surface area contributed by atoms with Crippen LogP contribution in [0.25, 0.3) is 0 Å². The first-order chi connectivity index (χ1) is 9.04. The fourth-order valence-corrected chi connectivity index (χ4v) is 2.46. The smallest absolute Gasteiger partial charge is 0.318 e. The van der Waals surface area contributed by atoms with Gasteiger partial charge in [0.15, 0.2) is 6.10 Å². The molecule has 1 unspecified atom stereocenters. The quantitative estimate of drug-likeness (QED) is 0.766. The monoisotopic (exact) mass is 267 g/mol. The summed E-state index contributed by atoms with van der Waals surface area (Å²) in [6.07, 6.45) is 1.66. The molecule has 0 aromatic carbocycles. The molecular weight excluding hydrogens is 250 g/mol. The van der Waals surface area contributed by atoms with Gasteiger partial charge in [0.25, 0.3) is 0 Å². The summed E-state index contributed by atoms with van der Waals surface area (Å²) in [4.78, 5) is 24.5. The summed E-state index contributed by atoms with van der Waals surface area (Å²) in [6, 6.07) is 1.67. The highest BCUT2D eigenvalue weighted by atomic mass is 16.5. The van der Waals surface area contributed by atoms with Crippen LogP contribution in [0, 0.1) is 11.3 Å². The molecule has 1 saturated heterocycles. The molecule has 104 valence electrons. The highest BCUT2D eigenvalue weighted by molar-refractivity contribution is 5.77. The van der Waals surface area contributed by atoms with Gasteiger partial charge < -0.3 is 20.1 Å². The first-order valence-corrected chi connectivity index (χ1v) is 6.35. The molecule has 0 aromatic rings. The number of nitriles is 1. The molecule has 7 heteroatoms. The van der Waals surface area contributed by atoms with Crippen LogP contribution in [0.4, 0.5) is 4.79 Å². The van der Waals surface area contributed by atoms with Gasteiger partial charge >= 0.3 is 12.0 Å². The van der Waals surface area contributed by atoms with Crippen molar-refractivity contribution < 1.29 is 19.4 Å². The number of rotatable bonds is 3. The van der Waals surface area contributed by atoms with E-state index in [1.165, 1.54) is 4.90 Å². The average molecular weight is 267 g/mol. The van der Waals surface area contributed by atoms with Crippen molar-refractivity contribution in [1.82, 2.24) is 10.2 Å². The lowest BCUT2D eigenvalue weighted by Crippen LogP contribution is -2.60. The fourth-order valence-electron chi connectivity index (χ4n) is 2.46. The molecule has 1 heterocycles. The van der Waals surface area contributed by atoms with Crippen molar-refractivity contribution in [1.29, 1.82) is 5.26 Å². The fraction of sp³-hybridized carbons (Fsp3) is 0.750. The zero-order valence-electron chi connectivity index (χ0n) is 10.6. The van der Waals surface area contributed by atoms with E-state index in [0.29, 0.717) is 26.0 Å². The van der Waals surface area contributed by atoms with Gasteiger partial charge in [0.05, 0.1) is 31.2 Å². The van der Waals surface area contributed by atoms with E-state index in [9.17, 15) is 9.59 Å². The maximum atomic E-state index is 12.1. The van der Waals surface area contributed by atoms with Crippen LogP contribution >= 0.6 is 0 Å². The third kappa shape index (κ3) is 3.15.